The Morgan fingerprint density at radius 1 is 1.38 bits per heavy atom. The quantitative estimate of drug-likeness (QED) is 0.826. The molecule has 2 aliphatic heterocycles. The van der Waals surface area contributed by atoms with E-state index in [1.54, 1.807) is 0 Å². The molecule has 2 aromatic rings. The van der Waals surface area contributed by atoms with Crippen LogP contribution in [0.1, 0.15) is 17.7 Å². The summed E-state index contributed by atoms with van der Waals surface area (Å²) in [6.45, 7) is 2.27. The molecule has 1 aromatic carbocycles. The van der Waals surface area contributed by atoms with Gasteiger partial charge in [-0.3, -0.25) is 4.79 Å². The molecule has 0 radical (unpaired) electrons. The van der Waals surface area contributed by atoms with Gasteiger partial charge >= 0.3 is 0 Å². The highest BCUT2D eigenvalue weighted by atomic mass is 16.5. The Balaban J connectivity index is 1.65. The van der Waals surface area contributed by atoms with E-state index in [9.17, 15) is 4.79 Å². The molecule has 110 valence electrons. The minimum atomic E-state index is -0.830. The van der Waals surface area contributed by atoms with Crippen LogP contribution in [0.15, 0.2) is 24.3 Å². The van der Waals surface area contributed by atoms with Crippen molar-refractivity contribution in [2.24, 2.45) is 5.73 Å². The van der Waals surface area contributed by atoms with Crippen molar-refractivity contribution in [3.05, 3.63) is 35.5 Å². The molecule has 3 heterocycles. The number of rotatable bonds is 1. The van der Waals surface area contributed by atoms with Crippen LogP contribution in [0.3, 0.4) is 0 Å². The van der Waals surface area contributed by atoms with Crippen molar-refractivity contribution in [1.82, 2.24) is 9.88 Å². The molecule has 5 heteroatoms. The van der Waals surface area contributed by atoms with E-state index in [0.717, 1.165) is 18.5 Å². The van der Waals surface area contributed by atoms with Crippen LogP contribution in [-0.4, -0.2) is 41.1 Å². The van der Waals surface area contributed by atoms with E-state index in [1.807, 2.05) is 17.0 Å². The Hall–Kier alpha value is -1.85. The summed E-state index contributed by atoms with van der Waals surface area (Å²) in [5.41, 5.74) is 9.00. The predicted octanol–water partition coefficient (Wildman–Crippen LogP) is 1.17. The van der Waals surface area contributed by atoms with E-state index in [-0.39, 0.29) is 5.91 Å². The van der Waals surface area contributed by atoms with Gasteiger partial charge in [0, 0.05) is 48.3 Å². The van der Waals surface area contributed by atoms with Crippen molar-refractivity contribution in [3.8, 4) is 0 Å². The lowest BCUT2D eigenvalue weighted by Crippen LogP contribution is -2.56. The molecule has 0 bridgehead atoms. The van der Waals surface area contributed by atoms with Gasteiger partial charge in [-0.05, 0) is 12.5 Å². The summed E-state index contributed by atoms with van der Waals surface area (Å²) in [6.07, 6.45) is 1.47. The summed E-state index contributed by atoms with van der Waals surface area (Å²) in [5, 5.41) is 1.21. The van der Waals surface area contributed by atoms with Crippen LogP contribution in [-0.2, 0) is 22.5 Å². The van der Waals surface area contributed by atoms with Gasteiger partial charge in [-0.2, -0.15) is 0 Å². The van der Waals surface area contributed by atoms with Gasteiger partial charge in [-0.15, -0.1) is 0 Å². The molecule has 21 heavy (non-hydrogen) atoms. The molecular formula is C16H19N3O2. The van der Waals surface area contributed by atoms with Crippen molar-refractivity contribution in [1.29, 1.82) is 0 Å². The number of hydrogen-bond donors (Lipinski definition) is 2. The molecule has 0 aliphatic carbocycles. The molecule has 2 aliphatic rings. The number of carbonyl (C=O) groups is 1. The number of carbonyl (C=O) groups excluding carboxylic acids is 1. The topological polar surface area (TPSA) is 71.4 Å². The average Bonchev–Trinajstić information content (AvgIpc) is 3.10. The normalized spacial score (nSPS) is 25.3. The SMILES string of the molecule is NC1(C(=O)N2CCc3[nH]c4ccccc4c3C2)CCOC1. The molecule has 3 N–H and O–H groups in total. The first-order chi connectivity index (χ1) is 10.2. The van der Waals surface area contributed by atoms with E-state index in [1.165, 1.54) is 16.6 Å². The number of ether oxygens (including phenoxy) is 1. The Morgan fingerprint density at radius 2 is 2.24 bits per heavy atom. The van der Waals surface area contributed by atoms with E-state index < -0.39 is 5.54 Å². The lowest BCUT2D eigenvalue weighted by Gasteiger charge is -2.33. The first kappa shape index (κ1) is 12.9. The minimum Gasteiger partial charge on any atom is -0.379 e. The second-order valence-electron chi connectivity index (χ2n) is 6.06. The van der Waals surface area contributed by atoms with Gasteiger partial charge in [0.25, 0.3) is 0 Å². The standard InChI is InChI=1S/C16H19N3O2/c17-16(6-8-21-10-16)15(20)19-7-5-14-12(9-19)11-3-1-2-4-13(11)18-14/h1-4,18H,5-10,17H2. The summed E-state index contributed by atoms with van der Waals surface area (Å²) in [4.78, 5) is 18.0. The molecule has 1 atom stereocenters. The summed E-state index contributed by atoms with van der Waals surface area (Å²) in [5.74, 6) is 0.0240. The fourth-order valence-corrected chi connectivity index (χ4v) is 3.40. The predicted molar refractivity (Wildman–Crippen MR) is 79.8 cm³/mol. The second-order valence-corrected chi connectivity index (χ2v) is 6.06. The Bertz CT molecular complexity index is 701. The third-order valence-corrected chi connectivity index (χ3v) is 4.65. The number of aromatic nitrogens is 1. The molecule has 0 spiro atoms. The highest BCUT2D eigenvalue weighted by Crippen LogP contribution is 2.29. The molecule has 1 unspecified atom stereocenters. The number of benzene rings is 1. The van der Waals surface area contributed by atoms with E-state index in [0.29, 0.717) is 26.2 Å². The molecule has 1 saturated heterocycles. The minimum absolute atomic E-state index is 0.0240. The lowest BCUT2D eigenvalue weighted by molar-refractivity contribution is -0.138. The van der Waals surface area contributed by atoms with Gasteiger partial charge in [0.1, 0.15) is 5.54 Å². The summed E-state index contributed by atoms with van der Waals surface area (Å²) >= 11 is 0. The fraction of sp³-hybridized carbons (Fsp3) is 0.438. The molecule has 1 aromatic heterocycles. The van der Waals surface area contributed by atoms with Crippen LogP contribution >= 0.6 is 0 Å². The maximum atomic E-state index is 12.7. The van der Waals surface area contributed by atoms with Gasteiger partial charge in [0.15, 0.2) is 0 Å². The third kappa shape index (κ3) is 1.96. The number of fused-ring (bicyclic) bond motifs is 3. The number of aromatic amines is 1. The molecule has 5 nitrogen and oxygen atoms in total. The fourth-order valence-electron chi connectivity index (χ4n) is 3.40. The van der Waals surface area contributed by atoms with Gasteiger partial charge in [-0.25, -0.2) is 0 Å². The van der Waals surface area contributed by atoms with Gasteiger partial charge in [0.05, 0.1) is 6.61 Å². The average molecular weight is 285 g/mol. The van der Waals surface area contributed by atoms with Crippen molar-refractivity contribution < 1.29 is 9.53 Å². The summed E-state index contributed by atoms with van der Waals surface area (Å²) in [6, 6.07) is 8.25. The molecular weight excluding hydrogens is 266 g/mol. The van der Waals surface area contributed by atoms with E-state index in [2.05, 4.69) is 17.1 Å². The molecule has 0 saturated carbocycles. The van der Waals surface area contributed by atoms with E-state index >= 15 is 0 Å². The van der Waals surface area contributed by atoms with Crippen molar-refractivity contribution in [2.75, 3.05) is 19.8 Å². The number of nitrogens with zero attached hydrogens (tertiary/aromatic N) is 1. The molecule has 1 amide bonds. The van der Waals surface area contributed by atoms with Crippen LogP contribution in [0.25, 0.3) is 10.9 Å². The van der Waals surface area contributed by atoms with E-state index in [4.69, 9.17) is 10.5 Å². The van der Waals surface area contributed by atoms with Crippen LogP contribution in [0, 0.1) is 0 Å². The van der Waals surface area contributed by atoms with Gasteiger partial charge in [-0.1, -0.05) is 18.2 Å². The zero-order chi connectivity index (χ0) is 14.4. The van der Waals surface area contributed by atoms with Gasteiger partial charge in [0.2, 0.25) is 5.91 Å². The summed E-state index contributed by atoms with van der Waals surface area (Å²) in [7, 11) is 0. The largest absolute Gasteiger partial charge is 0.379 e. The number of para-hydroxylation sites is 1. The van der Waals surface area contributed by atoms with Crippen LogP contribution in [0.5, 0.6) is 0 Å². The van der Waals surface area contributed by atoms with Crippen LogP contribution in [0.4, 0.5) is 0 Å². The third-order valence-electron chi connectivity index (χ3n) is 4.65. The second kappa shape index (κ2) is 4.58. The highest BCUT2D eigenvalue weighted by molar-refractivity contribution is 5.89. The first-order valence-corrected chi connectivity index (χ1v) is 7.42. The van der Waals surface area contributed by atoms with Crippen LogP contribution in [0.2, 0.25) is 0 Å². The van der Waals surface area contributed by atoms with Gasteiger partial charge < -0.3 is 20.4 Å². The first-order valence-electron chi connectivity index (χ1n) is 7.42. The number of nitrogens with two attached hydrogens (primary N) is 1. The Kier molecular flexibility index (Phi) is 2.80. The smallest absolute Gasteiger partial charge is 0.245 e. The zero-order valence-corrected chi connectivity index (χ0v) is 11.9. The molecule has 4 rings (SSSR count). The maximum absolute atomic E-state index is 12.7. The number of hydrogen-bond acceptors (Lipinski definition) is 3. The number of H-pyrrole nitrogens is 1. The Labute approximate surface area is 123 Å². The monoisotopic (exact) mass is 285 g/mol. The Morgan fingerprint density at radius 3 is 3.05 bits per heavy atom. The van der Waals surface area contributed by atoms with Crippen molar-refractivity contribution in [2.45, 2.75) is 24.9 Å². The zero-order valence-electron chi connectivity index (χ0n) is 11.9. The van der Waals surface area contributed by atoms with Crippen LogP contribution < -0.4 is 5.73 Å². The van der Waals surface area contributed by atoms with Crippen molar-refractivity contribution in [3.63, 3.8) is 0 Å². The summed E-state index contributed by atoms with van der Waals surface area (Å²) < 4.78 is 5.32. The highest BCUT2D eigenvalue weighted by Gasteiger charge is 2.42. The van der Waals surface area contributed by atoms with Crippen molar-refractivity contribution >= 4 is 16.8 Å². The molecule has 1 fully saturated rings. The maximum Gasteiger partial charge on any atom is 0.245 e. The lowest BCUT2D eigenvalue weighted by atomic mass is 9.96. The number of amides is 1. The number of nitrogens with one attached hydrogen (secondary N) is 1.